The van der Waals surface area contributed by atoms with Crippen LogP contribution in [0.2, 0.25) is 0 Å². The Hall–Kier alpha value is -3.18. The first-order valence-corrected chi connectivity index (χ1v) is 13.1. The van der Waals surface area contributed by atoms with Gasteiger partial charge in [0.05, 0.1) is 53.6 Å². The number of hydrogen-bond donors (Lipinski definition) is 0. The number of imidazole rings is 2. The van der Waals surface area contributed by atoms with Gasteiger partial charge in [0.1, 0.15) is 0 Å². The van der Waals surface area contributed by atoms with Crippen molar-refractivity contribution >= 4 is 0 Å². The minimum Gasteiger partial charge on any atom is -0.378 e. The highest BCUT2D eigenvalue weighted by Gasteiger charge is 2.52. The van der Waals surface area contributed by atoms with E-state index in [4.69, 9.17) is 4.74 Å². The summed E-state index contributed by atoms with van der Waals surface area (Å²) in [6.07, 6.45) is 14.4. The van der Waals surface area contributed by atoms with Crippen LogP contribution in [0, 0.1) is 0 Å². The van der Waals surface area contributed by atoms with Gasteiger partial charge in [-0.2, -0.15) is 0 Å². The van der Waals surface area contributed by atoms with Crippen LogP contribution in [0.15, 0.2) is 73.6 Å². The number of aromatic nitrogens is 4. The van der Waals surface area contributed by atoms with Gasteiger partial charge in [0.15, 0.2) is 0 Å². The zero-order chi connectivity index (χ0) is 24.0. The first-order chi connectivity index (χ1) is 17.3. The summed E-state index contributed by atoms with van der Waals surface area (Å²) in [7, 11) is 0. The van der Waals surface area contributed by atoms with Gasteiger partial charge >= 0.3 is 0 Å². The molecule has 0 saturated heterocycles. The van der Waals surface area contributed by atoms with E-state index in [1.165, 1.54) is 52.9 Å². The maximum atomic E-state index is 5.74. The summed E-state index contributed by atoms with van der Waals surface area (Å²) in [4.78, 5) is 8.60. The average Bonchev–Trinajstić information content (AvgIpc) is 3.61. The lowest BCUT2D eigenvalue weighted by molar-refractivity contribution is -0.0492. The fourth-order valence-electron chi connectivity index (χ4n) is 6.64. The maximum absolute atomic E-state index is 5.74. The molecule has 2 fully saturated rings. The minimum atomic E-state index is 0.113. The van der Waals surface area contributed by atoms with Gasteiger partial charge in [-0.3, -0.25) is 0 Å². The molecule has 0 radical (unpaired) electrons. The molecule has 2 saturated carbocycles. The van der Waals surface area contributed by atoms with Gasteiger partial charge in [0, 0.05) is 30.6 Å². The Morgan fingerprint density at radius 1 is 0.800 bits per heavy atom. The third-order valence-corrected chi connectivity index (χ3v) is 8.32. The lowest BCUT2D eigenvalue weighted by Crippen LogP contribution is -2.49. The second kappa shape index (κ2) is 8.49. The van der Waals surface area contributed by atoms with Crippen molar-refractivity contribution in [3.05, 3.63) is 84.7 Å². The van der Waals surface area contributed by atoms with Crippen LogP contribution in [-0.4, -0.2) is 31.8 Å². The Kier molecular flexibility index (Phi) is 5.41. The molecule has 0 N–H and O–H groups in total. The molecular weight excluding hydrogens is 432 g/mol. The number of hydrogen-bond acceptors (Lipinski definition) is 3. The van der Waals surface area contributed by atoms with E-state index < -0.39 is 0 Å². The van der Waals surface area contributed by atoms with Crippen molar-refractivity contribution in [2.24, 2.45) is 0 Å². The van der Waals surface area contributed by atoms with Crippen molar-refractivity contribution in [1.29, 1.82) is 0 Å². The van der Waals surface area contributed by atoms with Gasteiger partial charge in [-0.05, 0) is 37.3 Å². The van der Waals surface area contributed by atoms with Crippen LogP contribution in [-0.2, 0) is 15.8 Å². The fraction of sp³-hybridized carbons (Fsp3) is 0.400. The molecule has 0 atom stereocenters. The van der Waals surface area contributed by atoms with Crippen LogP contribution in [0.4, 0.5) is 0 Å². The van der Waals surface area contributed by atoms with Crippen LogP contribution in [0.1, 0.15) is 64.0 Å². The van der Waals surface area contributed by atoms with Gasteiger partial charge in [-0.25, -0.2) is 9.97 Å². The molecular formula is C30H34N4O. The summed E-state index contributed by atoms with van der Waals surface area (Å²) in [5, 5.41) is 0. The lowest BCUT2D eigenvalue weighted by Gasteiger charge is -2.46. The first-order valence-electron chi connectivity index (χ1n) is 13.1. The van der Waals surface area contributed by atoms with Crippen molar-refractivity contribution in [2.45, 2.75) is 70.1 Å². The molecule has 180 valence electrons. The highest BCUT2D eigenvalue weighted by atomic mass is 16.5. The monoisotopic (exact) mass is 466 g/mol. The van der Waals surface area contributed by atoms with Gasteiger partial charge in [0.2, 0.25) is 0 Å². The largest absolute Gasteiger partial charge is 0.378 e. The van der Waals surface area contributed by atoms with Gasteiger partial charge < -0.3 is 13.9 Å². The molecule has 2 spiro atoms. The van der Waals surface area contributed by atoms with E-state index in [0.717, 1.165) is 19.4 Å². The van der Waals surface area contributed by atoms with E-state index in [0.29, 0.717) is 6.10 Å². The third-order valence-electron chi connectivity index (χ3n) is 8.32. The number of ether oxygens (including phenoxy) is 1. The molecule has 0 bridgehead atoms. The zero-order valence-corrected chi connectivity index (χ0v) is 20.9. The molecule has 35 heavy (non-hydrogen) atoms. The molecule has 8 rings (SSSR count). The number of fused-ring (bicyclic) bond motifs is 10. The summed E-state index contributed by atoms with van der Waals surface area (Å²) in [6.45, 7) is 6.87. The molecule has 2 aromatic heterocycles. The first kappa shape index (κ1) is 22.3. The molecule has 2 aliphatic carbocycles. The lowest BCUT2D eigenvalue weighted by atomic mass is 9.70. The van der Waals surface area contributed by atoms with Crippen LogP contribution in [0.25, 0.3) is 22.5 Å². The summed E-state index contributed by atoms with van der Waals surface area (Å²) >= 11 is 0. The van der Waals surface area contributed by atoms with Crippen molar-refractivity contribution < 1.29 is 4.74 Å². The van der Waals surface area contributed by atoms with Crippen molar-refractivity contribution in [3.8, 4) is 22.5 Å². The Balaban J connectivity index is 0.000000124. The van der Waals surface area contributed by atoms with Gasteiger partial charge in [-0.1, -0.05) is 62.4 Å². The van der Waals surface area contributed by atoms with Crippen molar-refractivity contribution in [1.82, 2.24) is 19.1 Å². The van der Waals surface area contributed by atoms with Crippen LogP contribution in [0.5, 0.6) is 0 Å². The maximum Gasteiger partial charge on any atom is 0.0959 e. The highest BCUT2D eigenvalue weighted by Crippen LogP contribution is 2.55. The van der Waals surface area contributed by atoms with E-state index in [9.17, 15) is 0 Å². The van der Waals surface area contributed by atoms with Crippen molar-refractivity contribution in [3.63, 3.8) is 0 Å². The normalized spacial score (nSPS) is 23.0. The van der Waals surface area contributed by atoms with E-state index in [1.807, 2.05) is 38.9 Å². The quantitative estimate of drug-likeness (QED) is 0.333. The molecule has 4 aliphatic rings. The summed E-state index contributed by atoms with van der Waals surface area (Å²) in [6, 6.07) is 17.5. The SMILES string of the molecule is CC.CCOC1CC2(C1)c1ccccc1-c1cncn12.c1ccc2c(c1)-c1cncn1C21CCC1. The standard InChI is InChI=1S/C15H16N2O.C13H12N2.C2H6/c1-2-18-11-7-15(8-11)13-6-4-3-5-12(13)14-9-16-10-17(14)15;1-2-5-11-10(4-1)12-8-14-9-15(12)13(11)6-3-7-13;1-2/h3-6,9-11H,2,7-8H2,1H3;1-2,4-5,8-9H,3,6-7H2;1-2H3. The van der Waals surface area contributed by atoms with Crippen LogP contribution >= 0.6 is 0 Å². The second-order valence-corrected chi connectivity index (χ2v) is 9.79. The Morgan fingerprint density at radius 3 is 1.83 bits per heavy atom. The molecule has 2 aliphatic heterocycles. The van der Waals surface area contributed by atoms with Gasteiger partial charge in [-0.15, -0.1) is 0 Å². The zero-order valence-electron chi connectivity index (χ0n) is 20.9. The van der Waals surface area contributed by atoms with E-state index in [2.05, 4.69) is 74.6 Å². The van der Waals surface area contributed by atoms with Crippen LogP contribution in [0.3, 0.4) is 0 Å². The molecule has 2 aromatic carbocycles. The Labute approximate surface area is 207 Å². The van der Waals surface area contributed by atoms with Crippen LogP contribution < -0.4 is 0 Å². The second-order valence-electron chi connectivity index (χ2n) is 9.79. The topological polar surface area (TPSA) is 44.9 Å². The smallest absolute Gasteiger partial charge is 0.0959 e. The van der Waals surface area contributed by atoms with Gasteiger partial charge in [0.25, 0.3) is 0 Å². The Morgan fingerprint density at radius 2 is 1.31 bits per heavy atom. The number of benzene rings is 2. The molecule has 5 heteroatoms. The summed E-state index contributed by atoms with van der Waals surface area (Å²) in [5.74, 6) is 0. The number of rotatable bonds is 2. The van der Waals surface area contributed by atoms with Crippen molar-refractivity contribution in [2.75, 3.05) is 6.61 Å². The average molecular weight is 467 g/mol. The van der Waals surface area contributed by atoms with E-state index in [1.54, 1.807) is 0 Å². The highest BCUT2D eigenvalue weighted by molar-refractivity contribution is 5.72. The predicted molar refractivity (Wildman–Crippen MR) is 139 cm³/mol. The molecule has 4 heterocycles. The minimum absolute atomic E-state index is 0.113. The van der Waals surface area contributed by atoms with E-state index >= 15 is 0 Å². The third kappa shape index (κ3) is 3.04. The molecule has 0 unspecified atom stereocenters. The molecule has 5 nitrogen and oxygen atoms in total. The predicted octanol–water partition coefficient (Wildman–Crippen LogP) is 6.62. The number of nitrogens with zero attached hydrogens (tertiary/aromatic N) is 4. The van der Waals surface area contributed by atoms with E-state index in [-0.39, 0.29) is 11.1 Å². The summed E-state index contributed by atoms with van der Waals surface area (Å²) in [5.41, 5.74) is 8.60. The molecule has 4 aromatic rings. The molecule has 0 amide bonds. The Bertz CT molecular complexity index is 1340. The fourth-order valence-corrected chi connectivity index (χ4v) is 6.64. The summed E-state index contributed by atoms with van der Waals surface area (Å²) < 4.78 is 10.5.